The molecule has 1 fully saturated rings. The van der Waals surface area contributed by atoms with Crippen molar-refractivity contribution >= 4 is 21.9 Å². The average Bonchev–Trinajstić information content (AvgIpc) is 3.40. The highest BCUT2D eigenvalue weighted by Gasteiger charge is 2.33. The molecule has 0 aliphatic carbocycles. The average molecular weight is 516 g/mol. The van der Waals surface area contributed by atoms with Crippen LogP contribution in [0.3, 0.4) is 0 Å². The van der Waals surface area contributed by atoms with Crippen LogP contribution in [0.25, 0.3) is 33.2 Å². The van der Waals surface area contributed by atoms with Gasteiger partial charge in [-0.1, -0.05) is 5.21 Å². The molecule has 1 aliphatic heterocycles. The Kier molecular flexibility index (Phi) is 5.96. The quantitative estimate of drug-likeness (QED) is 0.368. The highest BCUT2D eigenvalue weighted by Crippen LogP contribution is 2.41. The molecule has 1 saturated heterocycles. The first-order valence-corrected chi connectivity index (χ1v) is 12.8. The molecule has 0 unspecified atom stereocenters. The van der Waals surface area contributed by atoms with Crippen molar-refractivity contribution in [1.82, 2.24) is 34.5 Å². The summed E-state index contributed by atoms with van der Waals surface area (Å²) in [5, 5.41) is 19.7. The van der Waals surface area contributed by atoms with E-state index in [1.54, 1.807) is 56.3 Å². The zero-order valence-electron chi connectivity index (χ0n) is 21.9. The Labute approximate surface area is 219 Å². The molecule has 9 nitrogen and oxygen atoms in total. The minimum Gasteiger partial charge on any atom is -0.386 e. The van der Waals surface area contributed by atoms with Crippen LogP contribution in [0.2, 0.25) is 0 Å². The lowest BCUT2D eigenvalue weighted by Crippen LogP contribution is -2.28. The molecule has 5 heterocycles. The second kappa shape index (κ2) is 9.21. The topological polar surface area (TPSA) is 104 Å². The van der Waals surface area contributed by atoms with E-state index in [4.69, 9.17) is 9.72 Å². The lowest BCUT2D eigenvalue weighted by molar-refractivity contribution is 0.0542. The molecule has 1 aromatic carbocycles. The van der Waals surface area contributed by atoms with Crippen LogP contribution in [0.5, 0.6) is 0 Å². The normalized spacial score (nSPS) is 15.9. The molecule has 38 heavy (non-hydrogen) atoms. The van der Waals surface area contributed by atoms with Crippen molar-refractivity contribution in [2.45, 2.75) is 45.3 Å². The van der Waals surface area contributed by atoms with Crippen molar-refractivity contribution in [2.75, 3.05) is 13.2 Å². The monoisotopic (exact) mass is 515 g/mol. The molecule has 5 aromatic rings. The van der Waals surface area contributed by atoms with E-state index in [0.29, 0.717) is 52.5 Å². The predicted molar refractivity (Wildman–Crippen MR) is 141 cm³/mol. The van der Waals surface area contributed by atoms with Gasteiger partial charge in [0.1, 0.15) is 5.82 Å². The number of hydrogen-bond acceptors (Lipinski definition) is 7. The number of nitrogens with zero attached hydrogens (tertiary/aromatic N) is 7. The third-order valence-electron chi connectivity index (χ3n) is 7.52. The molecule has 0 bridgehead atoms. The summed E-state index contributed by atoms with van der Waals surface area (Å²) in [6.07, 6.45) is 6.83. The molecule has 1 aliphatic rings. The summed E-state index contributed by atoms with van der Waals surface area (Å²) in [6.45, 7) is 6.58. The van der Waals surface area contributed by atoms with Crippen molar-refractivity contribution in [3.63, 3.8) is 0 Å². The third kappa shape index (κ3) is 4.04. The molecule has 0 spiro atoms. The molecule has 10 heteroatoms. The van der Waals surface area contributed by atoms with Gasteiger partial charge in [-0.05, 0) is 63.8 Å². The van der Waals surface area contributed by atoms with E-state index in [1.807, 2.05) is 19.1 Å². The van der Waals surface area contributed by atoms with E-state index in [1.165, 1.54) is 0 Å². The maximum atomic E-state index is 15.7. The summed E-state index contributed by atoms with van der Waals surface area (Å²) >= 11 is 0. The van der Waals surface area contributed by atoms with Gasteiger partial charge >= 0.3 is 0 Å². The van der Waals surface area contributed by atoms with Crippen molar-refractivity contribution in [2.24, 2.45) is 13.0 Å². The number of halogens is 1. The Hall–Kier alpha value is -3.76. The molecular weight excluding hydrogens is 485 g/mol. The molecule has 0 saturated carbocycles. The summed E-state index contributed by atoms with van der Waals surface area (Å²) < 4.78 is 25.2. The van der Waals surface area contributed by atoms with Gasteiger partial charge in [0, 0.05) is 55.4 Å². The van der Waals surface area contributed by atoms with Crippen LogP contribution < -0.4 is 0 Å². The van der Waals surface area contributed by atoms with E-state index >= 15 is 4.39 Å². The summed E-state index contributed by atoms with van der Waals surface area (Å²) in [5.41, 5.74) is 3.49. The zero-order valence-corrected chi connectivity index (χ0v) is 21.9. The van der Waals surface area contributed by atoms with Crippen molar-refractivity contribution in [1.29, 1.82) is 0 Å². The van der Waals surface area contributed by atoms with Crippen molar-refractivity contribution in [3.05, 3.63) is 65.8 Å². The Balaban J connectivity index is 1.72. The Morgan fingerprint density at radius 2 is 1.82 bits per heavy atom. The summed E-state index contributed by atoms with van der Waals surface area (Å²) in [6, 6.07) is 6.90. The third-order valence-corrected chi connectivity index (χ3v) is 7.52. The first kappa shape index (κ1) is 24.6. The number of pyridine rings is 1. The number of fused-ring (bicyclic) bond motifs is 3. The Bertz CT molecular complexity index is 1610. The maximum absolute atomic E-state index is 15.7. The van der Waals surface area contributed by atoms with Crippen LogP contribution in [0.1, 0.15) is 49.8 Å². The van der Waals surface area contributed by atoms with Gasteiger partial charge in [-0.25, -0.2) is 19.0 Å². The Morgan fingerprint density at radius 1 is 1.08 bits per heavy atom. The fraction of sp³-hybridized carbons (Fsp3) is 0.393. The van der Waals surface area contributed by atoms with Crippen molar-refractivity contribution < 1.29 is 14.2 Å². The van der Waals surface area contributed by atoms with Gasteiger partial charge in [0.05, 0.1) is 39.6 Å². The van der Waals surface area contributed by atoms with Crippen LogP contribution in [-0.2, 0) is 17.4 Å². The minimum atomic E-state index is -1.10. The van der Waals surface area contributed by atoms with Gasteiger partial charge < -0.3 is 14.4 Å². The van der Waals surface area contributed by atoms with Gasteiger partial charge in [0.25, 0.3) is 0 Å². The largest absolute Gasteiger partial charge is 0.386 e. The standard InChI is InChI=1S/C28H30FN7O2/c1-16-25(35(4)34-33-16)19-14-22-20(13-21(19)29)24-23(12-18(15-32-24)28(2,3)37)36(22)26(17-6-10-38-11-7-17)27-30-8-5-9-31-27/h5,8-9,12-15,17,26,37H,6-7,10-11H2,1-4H3/t26-/m0/s1. The van der Waals surface area contributed by atoms with Gasteiger partial charge in [-0.15, -0.1) is 5.10 Å². The van der Waals surface area contributed by atoms with E-state index in [-0.39, 0.29) is 17.8 Å². The summed E-state index contributed by atoms with van der Waals surface area (Å²) in [4.78, 5) is 14.1. The fourth-order valence-electron chi connectivity index (χ4n) is 5.60. The summed E-state index contributed by atoms with van der Waals surface area (Å²) in [5.74, 6) is 0.484. The van der Waals surface area contributed by atoms with Crippen LogP contribution in [0.15, 0.2) is 42.9 Å². The zero-order chi connectivity index (χ0) is 26.6. The molecular formula is C28H30FN7O2. The fourth-order valence-corrected chi connectivity index (χ4v) is 5.60. The first-order chi connectivity index (χ1) is 18.2. The lowest BCUT2D eigenvalue weighted by Gasteiger charge is -2.31. The second-order valence-corrected chi connectivity index (χ2v) is 10.5. The van der Waals surface area contributed by atoms with Gasteiger partial charge in [-0.2, -0.15) is 0 Å². The number of ether oxygens (including phenoxy) is 1. The maximum Gasteiger partial charge on any atom is 0.151 e. The number of hydrogen-bond donors (Lipinski definition) is 1. The molecule has 1 atom stereocenters. The Morgan fingerprint density at radius 3 is 2.47 bits per heavy atom. The van der Waals surface area contributed by atoms with Crippen molar-refractivity contribution in [3.8, 4) is 11.3 Å². The SMILES string of the molecule is Cc1nnn(C)c1-c1cc2c(cc1F)c1ncc(C(C)(C)O)cc1n2[C@H](c1ncccn1)C1CCOCC1. The van der Waals surface area contributed by atoms with E-state index in [0.717, 1.165) is 23.9 Å². The molecule has 196 valence electrons. The number of aryl methyl sites for hydroxylation is 2. The molecule has 4 aromatic heterocycles. The van der Waals surface area contributed by atoms with Gasteiger partial charge in [0.2, 0.25) is 0 Å². The van der Waals surface area contributed by atoms with Gasteiger partial charge in [0.15, 0.2) is 5.82 Å². The van der Waals surface area contributed by atoms with Gasteiger partial charge in [-0.3, -0.25) is 4.98 Å². The number of aliphatic hydroxyl groups is 1. The van der Waals surface area contributed by atoms with Crippen LogP contribution in [0.4, 0.5) is 4.39 Å². The highest BCUT2D eigenvalue weighted by atomic mass is 19.1. The van der Waals surface area contributed by atoms with Crippen LogP contribution >= 0.6 is 0 Å². The molecule has 1 N–H and O–H groups in total. The molecule has 6 rings (SSSR count). The lowest BCUT2D eigenvalue weighted by atomic mass is 9.90. The van der Waals surface area contributed by atoms with Crippen LogP contribution in [-0.4, -0.2) is 52.8 Å². The highest BCUT2D eigenvalue weighted by molar-refractivity contribution is 6.07. The molecule has 0 radical (unpaired) electrons. The first-order valence-electron chi connectivity index (χ1n) is 12.8. The number of rotatable bonds is 5. The molecule has 0 amide bonds. The van der Waals surface area contributed by atoms with E-state index < -0.39 is 5.60 Å². The smallest absolute Gasteiger partial charge is 0.151 e. The van der Waals surface area contributed by atoms with E-state index in [2.05, 4.69) is 24.8 Å². The number of benzene rings is 1. The minimum absolute atomic E-state index is 0.185. The second-order valence-electron chi connectivity index (χ2n) is 10.5. The summed E-state index contributed by atoms with van der Waals surface area (Å²) in [7, 11) is 1.76. The predicted octanol–water partition coefficient (Wildman–Crippen LogP) is 4.47. The number of aromatic nitrogens is 7. The van der Waals surface area contributed by atoms with Crippen LogP contribution in [0, 0.1) is 18.7 Å². The van der Waals surface area contributed by atoms with E-state index in [9.17, 15) is 5.11 Å².